The largest absolute Gasteiger partial charge is 0.490 e. The van der Waals surface area contributed by atoms with E-state index in [0.717, 1.165) is 21.7 Å². The van der Waals surface area contributed by atoms with Gasteiger partial charge in [0.25, 0.3) is 0 Å². The first kappa shape index (κ1) is 13.4. The van der Waals surface area contributed by atoms with Crippen molar-refractivity contribution < 1.29 is 9.47 Å². The Hall–Kier alpha value is -1.000. The normalized spacial score (nSPS) is 10.3. The molecule has 2 aromatic rings. The minimum absolute atomic E-state index is 0.572. The topological polar surface area (TPSA) is 18.5 Å². The molecule has 0 spiro atoms. The Kier molecular flexibility index (Phi) is 5.08. The highest BCUT2D eigenvalue weighted by molar-refractivity contribution is 9.11. The van der Waals surface area contributed by atoms with Crippen LogP contribution < -0.4 is 9.47 Å². The first-order valence-electron chi connectivity index (χ1n) is 5.88. The van der Waals surface area contributed by atoms with Gasteiger partial charge in [0.1, 0.15) is 6.61 Å². The van der Waals surface area contributed by atoms with Gasteiger partial charge in [-0.25, -0.2) is 0 Å². The third kappa shape index (κ3) is 3.75. The van der Waals surface area contributed by atoms with Crippen LogP contribution in [0.2, 0.25) is 0 Å². The van der Waals surface area contributed by atoms with Crippen LogP contribution in [-0.2, 0) is 6.61 Å². The highest BCUT2D eigenvalue weighted by atomic mass is 79.9. The lowest BCUT2D eigenvalue weighted by molar-refractivity contribution is 0.263. The fourth-order valence-corrected chi connectivity index (χ4v) is 2.88. The third-order valence-electron chi connectivity index (χ3n) is 2.31. The van der Waals surface area contributed by atoms with Crippen LogP contribution in [-0.4, -0.2) is 6.61 Å². The van der Waals surface area contributed by atoms with E-state index in [2.05, 4.69) is 28.9 Å². The summed E-state index contributed by atoms with van der Waals surface area (Å²) in [7, 11) is 0. The summed E-state index contributed by atoms with van der Waals surface area (Å²) in [4.78, 5) is 1.19. The number of hydrogen-bond donors (Lipinski definition) is 0. The van der Waals surface area contributed by atoms with Crippen molar-refractivity contribution in [1.29, 1.82) is 0 Å². The lowest BCUT2D eigenvalue weighted by atomic mass is 10.3. The van der Waals surface area contributed by atoms with Crippen molar-refractivity contribution in [2.75, 3.05) is 6.61 Å². The standard InChI is InChI=1S/C14H15BrO2S/c1-2-9-16-12-5-3-4-6-13(12)17-10-11-7-8-14(15)18-11/h3-8H,2,9-10H2,1H3. The van der Waals surface area contributed by atoms with E-state index in [1.807, 2.05) is 30.3 Å². The Bertz CT molecular complexity index is 496. The van der Waals surface area contributed by atoms with Gasteiger partial charge in [0.15, 0.2) is 11.5 Å². The zero-order valence-corrected chi connectivity index (χ0v) is 12.6. The van der Waals surface area contributed by atoms with Crippen LogP contribution in [0, 0.1) is 0 Å². The molecule has 0 fully saturated rings. The minimum Gasteiger partial charge on any atom is -0.490 e. The summed E-state index contributed by atoms with van der Waals surface area (Å²) in [6, 6.07) is 11.9. The molecule has 0 aliphatic heterocycles. The summed E-state index contributed by atoms with van der Waals surface area (Å²) >= 11 is 5.13. The van der Waals surface area contributed by atoms with E-state index in [-0.39, 0.29) is 0 Å². The fraction of sp³-hybridized carbons (Fsp3) is 0.286. The molecule has 4 heteroatoms. The molecular formula is C14H15BrO2S. The van der Waals surface area contributed by atoms with E-state index in [1.165, 1.54) is 4.88 Å². The zero-order valence-electron chi connectivity index (χ0n) is 10.2. The van der Waals surface area contributed by atoms with Crippen molar-refractivity contribution in [2.45, 2.75) is 20.0 Å². The van der Waals surface area contributed by atoms with Gasteiger partial charge in [0, 0.05) is 4.88 Å². The van der Waals surface area contributed by atoms with Crippen molar-refractivity contribution in [1.82, 2.24) is 0 Å². The molecule has 0 aliphatic rings. The maximum atomic E-state index is 5.80. The molecular weight excluding hydrogens is 312 g/mol. The molecule has 1 aromatic carbocycles. The van der Waals surface area contributed by atoms with Crippen LogP contribution in [0.1, 0.15) is 18.2 Å². The molecule has 0 saturated heterocycles. The molecule has 18 heavy (non-hydrogen) atoms. The van der Waals surface area contributed by atoms with Crippen LogP contribution in [0.15, 0.2) is 40.2 Å². The van der Waals surface area contributed by atoms with Crippen LogP contribution in [0.4, 0.5) is 0 Å². The molecule has 0 aliphatic carbocycles. The lowest BCUT2D eigenvalue weighted by Gasteiger charge is -2.11. The van der Waals surface area contributed by atoms with Gasteiger partial charge in [-0.2, -0.15) is 0 Å². The fourth-order valence-electron chi connectivity index (χ4n) is 1.48. The van der Waals surface area contributed by atoms with Gasteiger partial charge in [-0.15, -0.1) is 11.3 Å². The predicted molar refractivity (Wildman–Crippen MR) is 78.6 cm³/mol. The summed E-state index contributed by atoms with van der Waals surface area (Å²) in [5.74, 6) is 1.62. The average molecular weight is 327 g/mol. The molecule has 0 unspecified atom stereocenters. The molecule has 96 valence electrons. The van der Waals surface area contributed by atoms with Gasteiger partial charge in [0.2, 0.25) is 0 Å². The summed E-state index contributed by atoms with van der Waals surface area (Å²) < 4.78 is 12.6. The second-order valence-electron chi connectivity index (χ2n) is 3.79. The molecule has 0 saturated carbocycles. The predicted octanol–water partition coefficient (Wildman–Crippen LogP) is 4.88. The molecule has 1 heterocycles. The summed E-state index contributed by atoms with van der Waals surface area (Å²) in [5.41, 5.74) is 0. The first-order chi connectivity index (χ1) is 8.79. The van der Waals surface area contributed by atoms with Crippen molar-refractivity contribution in [3.63, 3.8) is 0 Å². The lowest BCUT2D eigenvalue weighted by Crippen LogP contribution is -1.99. The van der Waals surface area contributed by atoms with Crippen molar-refractivity contribution in [3.8, 4) is 11.5 Å². The number of hydrogen-bond acceptors (Lipinski definition) is 3. The monoisotopic (exact) mass is 326 g/mol. The SMILES string of the molecule is CCCOc1ccccc1OCc1ccc(Br)s1. The molecule has 2 rings (SSSR count). The van der Waals surface area contributed by atoms with E-state index in [0.29, 0.717) is 13.2 Å². The minimum atomic E-state index is 0.572. The van der Waals surface area contributed by atoms with Gasteiger partial charge < -0.3 is 9.47 Å². The van der Waals surface area contributed by atoms with Gasteiger partial charge in [-0.1, -0.05) is 19.1 Å². The Morgan fingerprint density at radius 2 is 1.78 bits per heavy atom. The Morgan fingerprint density at radius 1 is 1.06 bits per heavy atom. The highest BCUT2D eigenvalue weighted by Gasteiger charge is 2.05. The van der Waals surface area contributed by atoms with E-state index < -0.39 is 0 Å². The molecule has 1 aromatic heterocycles. The number of thiophene rings is 1. The smallest absolute Gasteiger partial charge is 0.161 e. The zero-order chi connectivity index (χ0) is 12.8. The highest BCUT2D eigenvalue weighted by Crippen LogP contribution is 2.29. The summed E-state index contributed by atoms with van der Waals surface area (Å²) in [5, 5.41) is 0. The van der Waals surface area contributed by atoms with Crippen LogP contribution >= 0.6 is 27.3 Å². The van der Waals surface area contributed by atoms with Crippen molar-refractivity contribution in [3.05, 3.63) is 45.1 Å². The van der Waals surface area contributed by atoms with Gasteiger partial charge in [0.05, 0.1) is 10.4 Å². The van der Waals surface area contributed by atoms with Gasteiger partial charge in [-0.05, 0) is 46.6 Å². The van der Waals surface area contributed by atoms with Gasteiger partial charge in [-0.3, -0.25) is 0 Å². The molecule has 0 bridgehead atoms. The van der Waals surface area contributed by atoms with E-state index in [1.54, 1.807) is 11.3 Å². The van der Waals surface area contributed by atoms with E-state index in [4.69, 9.17) is 9.47 Å². The number of ether oxygens (including phenoxy) is 2. The molecule has 0 amide bonds. The van der Waals surface area contributed by atoms with Crippen LogP contribution in [0.3, 0.4) is 0 Å². The second kappa shape index (κ2) is 6.81. The van der Waals surface area contributed by atoms with Crippen LogP contribution in [0.25, 0.3) is 0 Å². The second-order valence-corrected chi connectivity index (χ2v) is 6.34. The van der Waals surface area contributed by atoms with Crippen LogP contribution in [0.5, 0.6) is 11.5 Å². The molecule has 0 radical (unpaired) electrons. The number of halogens is 1. The number of rotatable bonds is 6. The van der Waals surface area contributed by atoms with E-state index >= 15 is 0 Å². The quantitative estimate of drug-likeness (QED) is 0.753. The van der Waals surface area contributed by atoms with Crippen molar-refractivity contribution >= 4 is 27.3 Å². The number of para-hydroxylation sites is 2. The Labute approximate surface area is 120 Å². The summed E-state index contributed by atoms with van der Waals surface area (Å²) in [6.45, 7) is 3.38. The van der Waals surface area contributed by atoms with Crippen molar-refractivity contribution in [2.24, 2.45) is 0 Å². The maximum Gasteiger partial charge on any atom is 0.161 e. The maximum absolute atomic E-state index is 5.80. The summed E-state index contributed by atoms with van der Waals surface area (Å²) in [6.07, 6.45) is 0.992. The Morgan fingerprint density at radius 3 is 2.39 bits per heavy atom. The number of benzene rings is 1. The average Bonchev–Trinajstić information content (AvgIpc) is 2.81. The first-order valence-corrected chi connectivity index (χ1v) is 7.49. The molecule has 0 N–H and O–H groups in total. The van der Waals surface area contributed by atoms with Gasteiger partial charge >= 0.3 is 0 Å². The van der Waals surface area contributed by atoms with E-state index in [9.17, 15) is 0 Å². The Balaban J connectivity index is 1.99. The third-order valence-corrected chi connectivity index (χ3v) is 3.91. The molecule has 2 nitrogen and oxygen atoms in total. The molecule has 0 atom stereocenters.